The minimum Gasteiger partial charge on any atom is -0.508 e. The Morgan fingerprint density at radius 1 is 0.617 bits per heavy atom. The van der Waals surface area contributed by atoms with Crippen molar-refractivity contribution >= 4 is 70.5 Å². The van der Waals surface area contributed by atoms with Crippen LogP contribution in [-0.2, 0) is 75.0 Å². The number of halogens is 2. The molecule has 0 radical (unpaired) electrons. The van der Waals surface area contributed by atoms with E-state index in [1.807, 2.05) is 56.3 Å². The van der Waals surface area contributed by atoms with Crippen LogP contribution in [0.25, 0.3) is 11.1 Å². The first kappa shape index (κ1) is 97.2. The second kappa shape index (κ2) is 41.3. The maximum atomic E-state index is 16.8. The van der Waals surface area contributed by atoms with E-state index in [1.54, 1.807) is 56.3 Å². The summed E-state index contributed by atoms with van der Waals surface area (Å²) in [5.74, 6) is -13.6. The van der Waals surface area contributed by atoms with Gasteiger partial charge in [0.15, 0.2) is 30.2 Å². The molecule has 0 aromatic heterocycles. The van der Waals surface area contributed by atoms with Crippen LogP contribution in [0.1, 0.15) is 137 Å². The lowest BCUT2D eigenvalue weighted by Crippen LogP contribution is -2.65. The number of benzene rings is 8. The van der Waals surface area contributed by atoms with E-state index in [-0.39, 0.29) is 83.5 Å². The van der Waals surface area contributed by atoms with Gasteiger partial charge in [0.05, 0.1) is 53.5 Å². The summed E-state index contributed by atoms with van der Waals surface area (Å²) in [7, 11) is 1.48. The topological polar surface area (TPSA) is 562 Å². The van der Waals surface area contributed by atoms with Gasteiger partial charge in [-0.3, -0.25) is 38.4 Å². The fourth-order valence-electron chi connectivity index (χ4n) is 17.1. The number of phenolic OH excluding ortho intramolecular Hbond substituents is 3. The number of ether oxygens (including phenoxy) is 9. The van der Waals surface area contributed by atoms with Crippen molar-refractivity contribution in [3.05, 3.63) is 213 Å². The summed E-state index contributed by atoms with van der Waals surface area (Å²) in [5.41, 5.74) is 9.22. The highest BCUT2D eigenvalue weighted by Crippen LogP contribution is 2.51. The number of likely N-dealkylation sites (N-methyl/N-ethyl adjacent to an activating group) is 1. The third-order valence-electron chi connectivity index (χ3n) is 24.3. The Labute approximate surface area is 773 Å². The Morgan fingerprint density at radius 2 is 1.23 bits per heavy atom. The molecule has 708 valence electrons. The number of para-hydroxylation sites is 1. The third kappa shape index (κ3) is 22.2. The molecule has 8 heterocycles. The first-order valence-corrected chi connectivity index (χ1v) is 44.0. The number of nitrogens with two attached hydrogens (primary N) is 2. The van der Waals surface area contributed by atoms with Crippen LogP contribution < -0.4 is 78.3 Å². The van der Waals surface area contributed by atoms with Gasteiger partial charge in [-0.2, -0.15) is 0 Å². The molecule has 8 aliphatic rings. The van der Waals surface area contributed by atoms with Crippen LogP contribution in [0.4, 0.5) is 0 Å². The Kier molecular flexibility index (Phi) is 30.2. The number of carbonyl (C=O) groups excluding carboxylic acids is 8. The number of carbonyl (C=O) groups is 8. The van der Waals surface area contributed by atoms with Crippen LogP contribution in [0.3, 0.4) is 0 Å². The largest absolute Gasteiger partial charge is 0.508 e. The van der Waals surface area contributed by atoms with Gasteiger partial charge in [-0.05, 0) is 171 Å². The molecule has 8 amide bonds. The second-order valence-electron chi connectivity index (χ2n) is 34.8. The molecule has 39 heteroatoms. The van der Waals surface area contributed by atoms with Gasteiger partial charge >= 0.3 is 0 Å². The number of phenols is 3. The van der Waals surface area contributed by atoms with E-state index < -0.39 is 250 Å². The summed E-state index contributed by atoms with van der Waals surface area (Å²) < 4.78 is 59.5. The normalized spacial score (nSPS) is 28.6. The maximum Gasteiger partial charge on any atom is 0.248 e. The number of hydrogen-bond donors (Lipinski definition) is 20. The molecule has 133 heavy (non-hydrogen) atoms. The monoisotopic (exact) mass is 1880 g/mol. The Morgan fingerprint density at radius 3 is 1.86 bits per heavy atom. The molecule has 0 unspecified atom stereocenters. The molecular formula is C94H107Cl2N11O26. The van der Waals surface area contributed by atoms with Gasteiger partial charge in [0.2, 0.25) is 59.3 Å². The minimum absolute atomic E-state index is 0.0844. The summed E-state index contributed by atoms with van der Waals surface area (Å²) >= 11 is 14.8. The van der Waals surface area contributed by atoms with E-state index in [1.165, 1.54) is 51.2 Å². The molecule has 16 rings (SSSR count). The van der Waals surface area contributed by atoms with Crippen LogP contribution >= 0.6 is 23.2 Å². The van der Waals surface area contributed by atoms with E-state index in [0.29, 0.717) is 11.5 Å². The molecule has 22 atom stereocenters. The molecule has 3 fully saturated rings. The van der Waals surface area contributed by atoms with Crippen molar-refractivity contribution in [3.8, 4) is 68.6 Å². The van der Waals surface area contributed by atoms with E-state index in [4.69, 9.17) is 77.3 Å². The first-order valence-electron chi connectivity index (χ1n) is 43.3. The van der Waals surface area contributed by atoms with Crippen molar-refractivity contribution in [2.75, 3.05) is 20.2 Å². The summed E-state index contributed by atoms with van der Waals surface area (Å²) in [6.45, 7) is 9.04. The van der Waals surface area contributed by atoms with Gasteiger partial charge in [0, 0.05) is 54.2 Å². The van der Waals surface area contributed by atoms with Crippen LogP contribution in [0, 0.1) is 5.92 Å². The molecule has 0 aliphatic carbocycles. The number of rotatable bonds is 23. The third-order valence-corrected chi connectivity index (χ3v) is 24.9. The zero-order chi connectivity index (χ0) is 95.3. The zero-order valence-electron chi connectivity index (χ0n) is 73.2. The van der Waals surface area contributed by atoms with Crippen LogP contribution in [0.2, 0.25) is 10.0 Å². The number of nitrogens with one attached hydrogen (secondary N) is 9. The van der Waals surface area contributed by atoms with Gasteiger partial charge in [-0.25, -0.2) is 0 Å². The average Bonchev–Trinajstić information content (AvgIpc) is 0.762. The predicted molar refractivity (Wildman–Crippen MR) is 477 cm³/mol. The standard InChI is InChI=1S/C94H107Cl2N11O26/c1-43(2)30-59(99-7)85(118)106-75-77(113)49-21-26-63(57(95)32-49)128-65-34-51-35-66(81(65)133-92-82(79(115)78(114)67(42-108)130-92)132-70-40-94(6,84(117)45(4)126-70)101-41-47-18-23-54(24-19-47)127-53-16-12-9-13-17-53)129-64-27-22-50(33-58(64)96)80(131-69-39-93(5,98)83(116)44(3)125-69)76-91(124)105-74(87(120)100-29-28-46-14-10-8-11-15-46)56-36-52(109)37-62(111)71(56)55-31-48(20-25-61(55)110)72(88(121)107-76)104-89(122)73(51)103-86(119)60(38-68(97)112)102-90(75)123/h8-27,31-37,43-45,59-60,67,69-70,72-80,82-84,92,99,101,108-111,113-117H,28-30,38-42,98H2,1-7H3,(H2,97,112)(H,100,120)(H,102,123)(H,103,119)(H,104,122)(H,105,124)(H,106,118)(H,107,121)/t44-,45-,59+,60-,67+,69-,70-,72+,73+,74-,75+,76-,77+,78+,79-,80+,82+,83-,84-,92-,93-,94-/m0/s1. The predicted octanol–water partition coefficient (Wildman–Crippen LogP) is 5.24. The molecule has 8 aliphatic heterocycles. The van der Waals surface area contributed by atoms with Crippen molar-refractivity contribution in [1.29, 1.82) is 0 Å². The van der Waals surface area contributed by atoms with Gasteiger partial charge in [0.1, 0.15) is 107 Å². The first-order chi connectivity index (χ1) is 63.3. The SMILES string of the molecule is CN[C@H](CC(C)C)C(=O)N[C@H]1C(=O)N[C@@H](CC(N)=O)C(=O)N[C@H]2C(=O)N[C@H]3C(=O)N[C@H](C(=O)N[C@H](C(=O)NCCc4ccccc4)c4cc(O)cc(O)c4-c4cc3ccc4O)[C@H](O[C@H]3C[C@](C)(N)[C@@H](O)[C@H](C)O3)c3ccc(c(Cl)c3)Oc3cc2cc(c3O[C@@H]2O[C@H](CO)[C@@H](O)[C@H](O)[C@H]2O[C@H]2C[C@](C)(NCc3ccc(Oc4ccccc4)cc3)[C@@H](O)[C@H](C)O2)Oc2ccc(cc2Cl)[C@H]1O. The van der Waals surface area contributed by atoms with Gasteiger partial charge in [-0.15, -0.1) is 0 Å². The van der Waals surface area contributed by atoms with Crippen molar-refractivity contribution in [2.45, 2.75) is 213 Å². The van der Waals surface area contributed by atoms with Gasteiger partial charge < -0.3 is 148 Å². The van der Waals surface area contributed by atoms with Crippen molar-refractivity contribution in [1.82, 2.24) is 47.9 Å². The van der Waals surface area contributed by atoms with E-state index in [2.05, 4.69) is 47.9 Å². The molecule has 11 bridgehead atoms. The fourth-order valence-corrected chi connectivity index (χ4v) is 17.5. The summed E-state index contributed by atoms with van der Waals surface area (Å²) in [5, 5.41) is 131. The van der Waals surface area contributed by atoms with Crippen LogP contribution in [-0.4, -0.2) is 216 Å². The minimum atomic E-state index is -2.39. The molecule has 0 saturated carbocycles. The van der Waals surface area contributed by atoms with E-state index in [9.17, 15) is 55.5 Å². The highest BCUT2D eigenvalue weighted by molar-refractivity contribution is 6.32. The molecule has 0 spiro atoms. The molecule has 22 N–H and O–H groups in total. The quantitative estimate of drug-likeness (QED) is 0.0389. The summed E-state index contributed by atoms with van der Waals surface area (Å²) in [4.78, 5) is 124. The number of amides is 8. The highest BCUT2D eigenvalue weighted by Gasteiger charge is 2.53. The second-order valence-corrected chi connectivity index (χ2v) is 35.6. The van der Waals surface area contributed by atoms with Crippen molar-refractivity contribution in [3.63, 3.8) is 0 Å². The zero-order valence-corrected chi connectivity index (χ0v) is 74.8. The Balaban J connectivity index is 0.963. The summed E-state index contributed by atoms with van der Waals surface area (Å²) in [6, 6.07) is 26.0. The number of primary amides is 1. The lowest BCUT2D eigenvalue weighted by molar-refractivity contribution is -0.334. The van der Waals surface area contributed by atoms with Crippen LogP contribution in [0.5, 0.6) is 57.5 Å². The van der Waals surface area contributed by atoms with Gasteiger partial charge in [0.25, 0.3) is 0 Å². The smallest absolute Gasteiger partial charge is 0.248 e. The highest BCUT2D eigenvalue weighted by atomic mass is 35.5. The Hall–Kier alpha value is -11.9. The number of aliphatic hydroxyl groups is 6. The van der Waals surface area contributed by atoms with Gasteiger partial charge in [-0.1, -0.05) is 116 Å². The molecular weight excluding hydrogens is 1770 g/mol. The molecule has 3 saturated heterocycles. The molecule has 37 nitrogen and oxygen atoms in total. The number of aliphatic hydroxyl groups excluding tert-OH is 6. The van der Waals surface area contributed by atoms with E-state index in [0.717, 1.165) is 59.7 Å². The maximum absolute atomic E-state index is 16.8. The summed E-state index contributed by atoms with van der Waals surface area (Å²) in [6.07, 6.45) is -22.6. The van der Waals surface area contributed by atoms with Crippen molar-refractivity contribution < 1.29 is 127 Å². The molecule has 8 aromatic rings. The fraction of sp³-hybridized carbons (Fsp3) is 0.404. The molecule has 8 aromatic carbocycles. The van der Waals surface area contributed by atoms with E-state index >= 15 is 28.8 Å². The van der Waals surface area contributed by atoms with Crippen molar-refractivity contribution in [2.24, 2.45) is 17.4 Å². The number of aromatic hydroxyl groups is 3. The lowest BCUT2D eigenvalue weighted by atomic mass is 9.84. The van der Waals surface area contributed by atoms with Crippen LogP contribution in [0.15, 0.2) is 164 Å². The number of hydrogen-bond acceptors (Lipinski definition) is 29. The average molecular weight is 1880 g/mol. The Bertz CT molecular complexity index is 5620. The lowest BCUT2D eigenvalue weighted by Gasteiger charge is -2.48. The number of fused-ring (bicyclic) bond motifs is 15.